The van der Waals surface area contributed by atoms with Gasteiger partial charge in [-0.3, -0.25) is 4.79 Å². The highest BCUT2D eigenvalue weighted by atomic mass is 35.5. The zero-order valence-electron chi connectivity index (χ0n) is 11.7. The Morgan fingerprint density at radius 2 is 2.10 bits per heavy atom. The van der Waals surface area contributed by atoms with Crippen molar-refractivity contribution >= 4 is 23.5 Å². The quantitative estimate of drug-likeness (QED) is 0.788. The van der Waals surface area contributed by atoms with E-state index in [1.807, 2.05) is 6.92 Å². The number of carbonyl (C=O) groups excluding carboxylic acids is 2. The molecular weight excluding hydrogens is 278 g/mol. The molecule has 1 fully saturated rings. The van der Waals surface area contributed by atoms with Gasteiger partial charge >= 0.3 is 5.97 Å². The number of rotatable bonds is 2. The van der Waals surface area contributed by atoms with Crippen LogP contribution >= 0.6 is 11.6 Å². The molecule has 0 bridgehead atoms. The highest BCUT2D eigenvalue weighted by molar-refractivity contribution is 6.31. The maximum atomic E-state index is 12.6. The van der Waals surface area contributed by atoms with E-state index in [4.69, 9.17) is 16.3 Å². The molecule has 0 aliphatic carbocycles. The first-order valence-corrected chi connectivity index (χ1v) is 7.07. The van der Waals surface area contributed by atoms with E-state index < -0.39 is 6.04 Å². The number of aryl methyl sites for hydroxylation is 1. The molecule has 0 spiro atoms. The lowest BCUT2D eigenvalue weighted by atomic mass is 10.0. The Bertz CT molecular complexity index is 530. The molecule has 1 atom stereocenters. The first-order chi connectivity index (χ1) is 9.54. The fourth-order valence-electron chi connectivity index (χ4n) is 2.50. The second-order valence-corrected chi connectivity index (χ2v) is 5.40. The van der Waals surface area contributed by atoms with Gasteiger partial charge in [-0.15, -0.1) is 0 Å². The summed E-state index contributed by atoms with van der Waals surface area (Å²) >= 11 is 5.97. The molecule has 20 heavy (non-hydrogen) atoms. The minimum atomic E-state index is -0.475. The molecule has 1 saturated heterocycles. The fraction of sp³-hybridized carbons (Fsp3) is 0.467. The van der Waals surface area contributed by atoms with Crippen LogP contribution in [0.4, 0.5) is 0 Å². The van der Waals surface area contributed by atoms with Crippen molar-refractivity contribution in [2.45, 2.75) is 32.2 Å². The van der Waals surface area contributed by atoms with Gasteiger partial charge in [0, 0.05) is 17.1 Å². The van der Waals surface area contributed by atoms with Gasteiger partial charge in [0.1, 0.15) is 6.04 Å². The smallest absolute Gasteiger partial charge is 0.328 e. The lowest BCUT2D eigenvalue weighted by Gasteiger charge is -2.33. The molecule has 1 amide bonds. The molecule has 5 heteroatoms. The van der Waals surface area contributed by atoms with Crippen molar-refractivity contribution in [3.8, 4) is 0 Å². The second-order valence-electron chi connectivity index (χ2n) is 5.00. The molecule has 0 radical (unpaired) electrons. The second kappa shape index (κ2) is 6.27. The van der Waals surface area contributed by atoms with E-state index in [9.17, 15) is 9.59 Å². The molecule has 1 aromatic carbocycles. The van der Waals surface area contributed by atoms with Crippen molar-refractivity contribution in [3.05, 3.63) is 34.3 Å². The van der Waals surface area contributed by atoms with Crippen molar-refractivity contribution in [1.29, 1.82) is 0 Å². The van der Waals surface area contributed by atoms with Crippen molar-refractivity contribution in [2.24, 2.45) is 0 Å². The summed E-state index contributed by atoms with van der Waals surface area (Å²) in [6, 6.07) is 4.69. The van der Waals surface area contributed by atoms with Crippen molar-refractivity contribution in [2.75, 3.05) is 13.7 Å². The number of benzene rings is 1. The van der Waals surface area contributed by atoms with Crippen molar-refractivity contribution in [1.82, 2.24) is 4.90 Å². The molecule has 1 heterocycles. The average molecular weight is 296 g/mol. The molecule has 1 unspecified atom stereocenters. The molecule has 1 aliphatic rings. The minimum absolute atomic E-state index is 0.139. The maximum absolute atomic E-state index is 12.6. The van der Waals surface area contributed by atoms with Gasteiger partial charge in [-0.25, -0.2) is 4.79 Å². The van der Waals surface area contributed by atoms with Crippen LogP contribution in [-0.2, 0) is 9.53 Å². The zero-order chi connectivity index (χ0) is 14.7. The number of carbonyl (C=O) groups is 2. The summed E-state index contributed by atoms with van der Waals surface area (Å²) in [7, 11) is 1.35. The van der Waals surface area contributed by atoms with Crippen LogP contribution in [0, 0.1) is 6.92 Å². The number of piperidine rings is 1. The Morgan fingerprint density at radius 1 is 1.35 bits per heavy atom. The highest BCUT2D eigenvalue weighted by Gasteiger charge is 2.33. The standard InChI is InChI=1S/C15H18ClNO3/c1-10-9-11(6-7-12(10)16)14(18)17-8-4-3-5-13(17)15(19)20-2/h6-7,9,13H,3-5,8H2,1-2H3. The third-order valence-corrected chi connectivity index (χ3v) is 4.07. The predicted molar refractivity (Wildman–Crippen MR) is 76.9 cm³/mol. The van der Waals surface area contributed by atoms with E-state index in [0.717, 1.165) is 18.4 Å². The molecule has 0 N–H and O–H groups in total. The molecule has 1 aliphatic heterocycles. The number of halogens is 1. The molecule has 0 saturated carbocycles. The van der Waals surface area contributed by atoms with Gasteiger partial charge < -0.3 is 9.64 Å². The maximum Gasteiger partial charge on any atom is 0.328 e. The van der Waals surface area contributed by atoms with Crippen LogP contribution in [-0.4, -0.2) is 36.5 Å². The molecule has 0 aromatic heterocycles. The number of hydrogen-bond acceptors (Lipinski definition) is 3. The van der Waals surface area contributed by atoms with Gasteiger partial charge in [-0.1, -0.05) is 11.6 Å². The first kappa shape index (κ1) is 14.9. The van der Waals surface area contributed by atoms with Gasteiger partial charge in [0.2, 0.25) is 0 Å². The van der Waals surface area contributed by atoms with E-state index in [1.165, 1.54) is 7.11 Å². The van der Waals surface area contributed by atoms with E-state index in [2.05, 4.69) is 0 Å². The molecule has 4 nitrogen and oxygen atoms in total. The van der Waals surface area contributed by atoms with Gasteiger partial charge in [-0.2, -0.15) is 0 Å². The highest BCUT2D eigenvalue weighted by Crippen LogP contribution is 2.23. The number of ether oxygens (including phenoxy) is 1. The van der Waals surface area contributed by atoms with Crippen LogP contribution in [0.25, 0.3) is 0 Å². The van der Waals surface area contributed by atoms with Crippen LogP contribution in [0.3, 0.4) is 0 Å². The third-order valence-electron chi connectivity index (χ3n) is 3.64. The monoisotopic (exact) mass is 295 g/mol. The summed E-state index contributed by atoms with van der Waals surface area (Å²) in [4.78, 5) is 26.0. The molecule has 108 valence electrons. The lowest BCUT2D eigenvalue weighted by molar-refractivity contribution is -0.147. The number of hydrogen-bond donors (Lipinski definition) is 0. The lowest BCUT2D eigenvalue weighted by Crippen LogP contribution is -2.48. The Labute approximate surface area is 123 Å². The van der Waals surface area contributed by atoms with Crippen LogP contribution in [0.15, 0.2) is 18.2 Å². The van der Waals surface area contributed by atoms with Crippen LogP contribution in [0.1, 0.15) is 35.2 Å². The Balaban J connectivity index is 2.25. The summed E-state index contributed by atoms with van der Waals surface area (Å²) in [5.74, 6) is -0.483. The number of esters is 1. The van der Waals surface area contributed by atoms with E-state index in [1.54, 1.807) is 23.1 Å². The summed E-state index contributed by atoms with van der Waals surface area (Å²) < 4.78 is 4.79. The first-order valence-electron chi connectivity index (χ1n) is 6.69. The van der Waals surface area contributed by atoms with Gasteiger partial charge in [-0.05, 0) is 49.9 Å². The van der Waals surface area contributed by atoms with Gasteiger partial charge in [0.25, 0.3) is 5.91 Å². The van der Waals surface area contributed by atoms with Crippen molar-refractivity contribution in [3.63, 3.8) is 0 Å². The molecular formula is C15H18ClNO3. The largest absolute Gasteiger partial charge is 0.467 e. The summed E-state index contributed by atoms with van der Waals surface area (Å²) in [6.07, 6.45) is 2.50. The normalized spacial score (nSPS) is 18.8. The van der Waals surface area contributed by atoms with E-state index in [-0.39, 0.29) is 11.9 Å². The number of amides is 1. The molecule has 2 rings (SSSR count). The minimum Gasteiger partial charge on any atom is -0.467 e. The predicted octanol–water partition coefficient (Wildman–Crippen LogP) is 2.82. The Hall–Kier alpha value is -1.55. The van der Waals surface area contributed by atoms with Gasteiger partial charge in [0.15, 0.2) is 0 Å². The van der Waals surface area contributed by atoms with Crippen molar-refractivity contribution < 1.29 is 14.3 Å². The number of nitrogens with zero attached hydrogens (tertiary/aromatic N) is 1. The van der Waals surface area contributed by atoms with Gasteiger partial charge in [0.05, 0.1) is 7.11 Å². The number of likely N-dealkylation sites (tertiary alicyclic amines) is 1. The van der Waals surface area contributed by atoms with E-state index in [0.29, 0.717) is 23.6 Å². The van der Waals surface area contributed by atoms with Crippen LogP contribution in [0.2, 0.25) is 5.02 Å². The fourth-order valence-corrected chi connectivity index (χ4v) is 2.62. The molecule has 1 aromatic rings. The SMILES string of the molecule is COC(=O)C1CCCCN1C(=O)c1ccc(Cl)c(C)c1. The number of methoxy groups -OCH3 is 1. The topological polar surface area (TPSA) is 46.6 Å². The summed E-state index contributed by atoms with van der Waals surface area (Å²) in [5.41, 5.74) is 1.41. The van der Waals surface area contributed by atoms with Crippen LogP contribution < -0.4 is 0 Å². The van der Waals surface area contributed by atoms with Crippen LogP contribution in [0.5, 0.6) is 0 Å². The summed E-state index contributed by atoms with van der Waals surface area (Å²) in [5, 5.41) is 0.629. The van der Waals surface area contributed by atoms with E-state index >= 15 is 0 Å². The average Bonchev–Trinajstić information content (AvgIpc) is 2.48. The Kier molecular flexibility index (Phi) is 4.65. The third kappa shape index (κ3) is 2.96. The zero-order valence-corrected chi connectivity index (χ0v) is 12.4. The Morgan fingerprint density at radius 3 is 2.75 bits per heavy atom. The summed E-state index contributed by atoms with van der Waals surface area (Å²) in [6.45, 7) is 2.44.